The van der Waals surface area contributed by atoms with Crippen molar-refractivity contribution >= 4 is 34.0 Å². The highest BCUT2D eigenvalue weighted by molar-refractivity contribution is 6.05. The molecule has 5 N–H and O–H groups in total. The SMILES string of the molecule is Nc1ccc(C(=O)Nc2ccc3[nH]c(=O)[nH]c3c2)cc1[N+](=O)[O-]. The van der Waals surface area contributed by atoms with Gasteiger partial charge < -0.3 is 21.0 Å². The molecule has 1 heterocycles. The Morgan fingerprint density at radius 2 is 1.87 bits per heavy atom. The number of rotatable bonds is 3. The highest BCUT2D eigenvalue weighted by Gasteiger charge is 2.16. The van der Waals surface area contributed by atoms with Crippen LogP contribution in [0.3, 0.4) is 0 Å². The van der Waals surface area contributed by atoms with Crippen LogP contribution in [0.2, 0.25) is 0 Å². The molecular weight excluding hydrogens is 302 g/mol. The smallest absolute Gasteiger partial charge is 0.323 e. The Hall–Kier alpha value is -3.62. The molecule has 0 spiro atoms. The molecule has 9 nitrogen and oxygen atoms in total. The van der Waals surface area contributed by atoms with Gasteiger partial charge in [-0.15, -0.1) is 0 Å². The summed E-state index contributed by atoms with van der Waals surface area (Å²) in [5, 5.41) is 13.5. The highest BCUT2D eigenvalue weighted by Crippen LogP contribution is 2.23. The van der Waals surface area contributed by atoms with Gasteiger partial charge >= 0.3 is 5.69 Å². The van der Waals surface area contributed by atoms with Crippen LogP contribution in [0.4, 0.5) is 17.1 Å². The number of nitrogens with one attached hydrogen (secondary N) is 3. The first-order chi connectivity index (χ1) is 10.9. The molecule has 0 aliphatic rings. The standard InChI is InChI=1S/C14H11N5O4/c15-9-3-1-7(5-12(9)19(22)23)13(20)16-8-2-4-10-11(6-8)18-14(21)17-10/h1-6H,15H2,(H,16,20)(H2,17,18,21). The van der Waals surface area contributed by atoms with E-state index in [2.05, 4.69) is 15.3 Å². The number of carbonyl (C=O) groups is 1. The van der Waals surface area contributed by atoms with Gasteiger partial charge in [-0.05, 0) is 30.3 Å². The van der Waals surface area contributed by atoms with E-state index in [4.69, 9.17) is 5.73 Å². The molecule has 1 amide bonds. The van der Waals surface area contributed by atoms with E-state index in [1.54, 1.807) is 18.2 Å². The van der Waals surface area contributed by atoms with Crippen LogP contribution in [-0.4, -0.2) is 20.8 Å². The molecule has 0 atom stereocenters. The van der Waals surface area contributed by atoms with Gasteiger partial charge in [-0.25, -0.2) is 4.79 Å². The van der Waals surface area contributed by atoms with Gasteiger partial charge in [-0.2, -0.15) is 0 Å². The van der Waals surface area contributed by atoms with Gasteiger partial charge in [0.1, 0.15) is 5.69 Å². The number of hydrogen-bond donors (Lipinski definition) is 4. The predicted molar refractivity (Wildman–Crippen MR) is 84.4 cm³/mol. The molecule has 0 saturated carbocycles. The minimum absolute atomic E-state index is 0.0159. The molecule has 0 radical (unpaired) electrons. The Bertz CT molecular complexity index is 988. The maximum absolute atomic E-state index is 12.2. The van der Waals surface area contributed by atoms with Crippen molar-refractivity contribution in [3.63, 3.8) is 0 Å². The van der Waals surface area contributed by atoms with Gasteiger partial charge in [0.05, 0.1) is 16.0 Å². The second-order valence-electron chi connectivity index (χ2n) is 4.82. The van der Waals surface area contributed by atoms with Crippen molar-refractivity contribution < 1.29 is 9.72 Å². The van der Waals surface area contributed by atoms with Crippen molar-refractivity contribution in [2.75, 3.05) is 11.1 Å². The van der Waals surface area contributed by atoms with Gasteiger partial charge in [0.2, 0.25) is 0 Å². The number of nitrogens with zero attached hydrogens (tertiary/aromatic N) is 1. The molecule has 9 heteroatoms. The van der Waals surface area contributed by atoms with Gasteiger partial charge in [0, 0.05) is 17.3 Å². The molecule has 0 aliphatic heterocycles. The van der Waals surface area contributed by atoms with E-state index in [1.807, 2.05) is 0 Å². The fourth-order valence-corrected chi connectivity index (χ4v) is 2.16. The molecule has 3 rings (SSSR count). The zero-order chi connectivity index (χ0) is 16.6. The molecular formula is C14H11N5O4. The molecule has 1 aromatic heterocycles. The van der Waals surface area contributed by atoms with Gasteiger partial charge in [0.15, 0.2) is 0 Å². The van der Waals surface area contributed by atoms with Crippen LogP contribution in [0.5, 0.6) is 0 Å². The monoisotopic (exact) mass is 313 g/mol. The average molecular weight is 313 g/mol. The number of fused-ring (bicyclic) bond motifs is 1. The molecule has 0 fully saturated rings. The van der Waals surface area contributed by atoms with Crippen molar-refractivity contribution in [3.05, 3.63) is 62.6 Å². The second kappa shape index (κ2) is 5.30. The number of benzene rings is 2. The summed E-state index contributed by atoms with van der Waals surface area (Å²) >= 11 is 0. The third kappa shape index (κ3) is 2.75. The normalized spacial score (nSPS) is 10.6. The lowest BCUT2D eigenvalue weighted by Crippen LogP contribution is -2.12. The summed E-state index contributed by atoms with van der Waals surface area (Å²) in [7, 11) is 0. The maximum Gasteiger partial charge on any atom is 0.323 e. The van der Waals surface area contributed by atoms with Crippen LogP contribution < -0.4 is 16.7 Å². The van der Waals surface area contributed by atoms with Crippen molar-refractivity contribution in [2.45, 2.75) is 0 Å². The van der Waals surface area contributed by atoms with Crippen LogP contribution >= 0.6 is 0 Å². The number of H-pyrrole nitrogens is 2. The quantitative estimate of drug-likeness (QED) is 0.329. The topological polar surface area (TPSA) is 147 Å². The molecule has 116 valence electrons. The van der Waals surface area contributed by atoms with Crippen LogP contribution in [0.15, 0.2) is 41.2 Å². The second-order valence-corrected chi connectivity index (χ2v) is 4.82. The zero-order valence-electron chi connectivity index (χ0n) is 11.6. The molecule has 3 aromatic rings. The minimum atomic E-state index is -0.650. The number of anilines is 2. The number of nitro benzene ring substituents is 1. The molecule has 23 heavy (non-hydrogen) atoms. The van der Waals surface area contributed by atoms with E-state index in [-0.39, 0.29) is 22.6 Å². The first-order valence-corrected chi connectivity index (χ1v) is 6.51. The van der Waals surface area contributed by atoms with Crippen LogP contribution in [-0.2, 0) is 0 Å². The lowest BCUT2D eigenvalue weighted by molar-refractivity contribution is -0.383. The summed E-state index contributed by atoms with van der Waals surface area (Å²) in [6.45, 7) is 0. The van der Waals surface area contributed by atoms with E-state index in [9.17, 15) is 19.7 Å². The number of aromatic nitrogens is 2. The van der Waals surface area contributed by atoms with Gasteiger partial charge in [-0.3, -0.25) is 14.9 Å². The number of carbonyl (C=O) groups excluding carboxylic acids is 1. The summed E-state index contributed by atoms with van der Waals surface area (Å²) in [5.74, 6) is -0.523. The number of amides is 1. The number of nitro groups is 1. The minimum Gasteiger partial charge on any atom is -0.393 e. The van der Waals surface area contributed by atoms with Crippen molar-refractivity contribution in [1.29, 1.82) is 0 Å². The van der Waals surface area contributed by atoms with E-state index in [0.717, 1.165) is 6.07 Å². The van der Waals surface area contributed by atoms with Crippen LogP contribution in [0, 0.1) is 10.1 Å². The zero-order valence-corrected chi connectivity index (χ0v) is 11.6. The third-order valence-corrected chi connectivity index (χ3v) is 3.26. The number of hydrogen-bond acceptors (Lipinski definition) is 5. The summed E-state index contributed by atoms with van der Waals surface area (Å²) in [6.07, 6.45) is 0. The highest BCUT2D eigenvalue weighted by atomic mass is 16.6. The van der Waals surface area contributed by atoms with Crippen LogP contribution in [0.1, 0.15) is 10.4 Å². The Morgan fingerprint density at radius 1 is 1.13 bits per heavy atom. The van der Waals surface area contributed by atoms with Crippen molar-refractivity contribution in [1.82, 2.24) is 9.97 Å². The predicted octanol–water partition coefficient (Wildman–Crippen LogP) is 1.60. The first kappa shape index (κ1) is 14.3. The largest absolute Gasteiger partial charge is 0.393 e. The van der Waals surface area contributed by atoms with E-state index in [0.29, 0.717) is 16.7 Å². The van der Waals surface area contributed by atoms with Crippen molar-refractivity contribution in [2.24, 2.45) is 0 Å². The molecule has 2 aromatic carbocycles. The molecule has 0 bridgehead atoms. The van der Waals surface area contributed by atoms with E-state index < -0.39 is 10.8 Å². The summed E-state index contributed by atoms with van der Waals surface area (Å²) < 4.78 is 0. The molecule has 0 unspecified atom stereocenters. The summed E-state index contributed by atoms with van der Waals surface area (Å²) in [6, 6.07) is 8.64. The summed E-state index contributed by atoms with van der Waals surface area (Å²) in [5.41, 5.74) is 6.49. The first-order valence-electron chi connectivity index (χ1n) is 6.51. The Morgan fingerprint density at radius 3 is 2.61 bits per heavy atom. The van der Waals surface area contributed by atoms with Gasteiger partial charge in [-0.1, -0.05) is 0 Å². The number of aromatic amines is 2. The fourth-order valence-electron chi connectivity index (χ4n) is 2.16. The molecule has 0 aliphatic carbocycles. The van der Waals surface area contributed by atoms with Gasteiger partial charge in [0.25, 0.3) is 11.6 Å². The average Bonchev–Trinajstić information content (AvgIpc) is 2.86. The molecule has 0 saturated heterocycles. The Labute approximate surface area is 128 Å². The fraction of sp³-hybridized carbons (Fsp3) is 0. The van der Waals surface area contributed by atoms with Crippen LogP contribution in [0.25, 0.3) is 11.0 Å². The van der Waals surface area contributed by atoms with Crippen molar-refractivity contribution in [3.8, 4) is 0 Å². The number of nitrogen functional groups attached to an aromatic ring is 1. The lowest BCUT2D eigenvalue weighted by atomic mass is 10.1. The Kier molecular flexibility index (Phi) is 3.30. The summed E-state index contributed by atoms with van der Waals surface area (Å²) in [4.78, 5) is 38.8. The van der Waals surface area contributed by atoms with E-state index >= 15 is 0 Å². The Balaban J connectivity index is 1.89. The lowest BCUT2D eigenvalue weighted by Gasteiger charge is -2.06. The van der Waals surface area contributed by atoms with E-state index in [1.165, 1.54) is 12.1 Å². The number of imidazole rings is 1. The maximum atomic E-state index is 12.2. The third-order valence-electron chi connectivity index (χ3n) is 3.26. The number of nitrogens with two attached hydrogens (primary N) is 1.